The number of aliphatic hydroxyl groups excluding tert-OH is 1. The van der Waals surface area contributed by atoms with Gasteiger partial charge in [-0.05, 0) is 18.4 Å². The molecule has 0 aliphatic rings. The molecule has 0 aromatic heterocycles. The van der Waals surface area contributed by atoms with Crippen molar-refractivity contribution in [3.63, 3.8) is 0 Å². The third kappa shape index (κ3) is 6.73. The second kappa shape index (κ2) is 9.98. The Kier molecular flexibility index (Phi) is 8.50. The van der Waals surface area contributed by atoms with Crippen molar-refractivity contribution in [1.29, 1.82) is 0 Å². The number of rotatable bonds is 10. The van der Waals surface area contributed by atoms with Crippen LogP contribution < -0.4 is 5.46 Å². The van der Waals surface area contributed by atoms with E-state index in [-0.39, 0.29) is 6.61 Å². The number of unbranched alkanes of at least 4 members (excludes halogenated alkanes) is 1. The van der Waals surface area contributed by atoms with Gasteiger partial charge < -0.3 is 14.8 Å². The van der Waals surface area contributed by atoms with E-state index < -0.39 is 7.12 Å². The van der Waals surface area contributed by atoms with Crippen molar-refractivity contribution in [2.75, 3.05) is 32.8 Å². The smallest absolute Gasteiger partial charge is 0.423 e. The Labute approximate surface area is 116 Å². The first kappa shape index (κ1) is 16.2. The molecule has 1 aromatic carbocycles. The van der Waals surface area contributed by atoms with Crippen LogP contribution in [0.15, 0.2) is 30.3 Å². The molecule has 0 aliphatic heterocycles. The van der Waals surface area contributed by atoms with E-state index in [4.69, 9.17) is 9.76 Å². The predicted octanol–water partition coefficient (Wildman–Crippen LogP) is 0.485. The first-order valence-electron chi connectivity index (χ1n) is 6.95. The number of hydrogen-bond donors (Lipinski definition) is 2. The summed E-state index contributed by atoms with van der Waals surface area (Å²) in [5.41, 5.74) is 0.768. The van der Waals surface area contributed by atoms with Crippen molar-refractivity contribution in [2.45, 2.75) is 19.8 Å². The molecule has 0 radical (unpaired) electrons. The normalized spacial score (nSPS) is 10.9. The summed E-state index contributed by atoms with van der Waals surface area (Å²) in [6, 6.07) is 9.34. The zero-order valence-corrected chi connectivity index (χ0v) is 11.7. The average Bonchev–Trinajstić information content (AvgIpc) is 2.45. The zero-order valence-electron chi connectivity index (χ0n) is 11.7. The SMILES string of the molecule is CCCCN(CCO)CCOB(O)c1ccccc1. The van der Waals surface area contributed by atoms with Crippen molar-refractivity contribution >= 4 is 12.6 Å². The summed E-state index contributed by atoms with van der Waals surface area (Å²) >= 11 is 0. The summed E-state index contributed by atoms with van der Waals surface area (Å²) in [6.07, 6.45) is 2.25. The van der Waals surface area contributed by atoms with E-state index in [0.717, 1.165) is 31.4 Å². The molecule has 19 heavy (non-hydrogen) atoms. The fourth-order valence-electron chi connectivity index (χ4n) is 1.87. The summed E-state index contributed by atoms with van der Waals surface area (Å²) in [6.45, 7) is 5.11. The third-order valence-corrected chi connectivity index (χ3v) is 3.01. The number of nitrogens with zero attached hydrogens (tertiary/aromatic N) is 1. The van der Waals surface area contributed by atoms with Crippen LogP contribution in [0.1, 0.15) is 19.8 Å². The summed E-state index contributed by atoms with van der Waals surface area (Å²) in [5, 5.41) is 18.8. The number of aliphatic hydroxyl groups is 1. The fraction of sp³-hybridized carbons (Fsp3) is 0.571. The summed E-state index contributed by atoms with van der Waals surface area (Å²) in [5.74, 6) is 0. The molecule has 1 rings (SSSR count). The molecule has 106 valence electrons. The van der Waals surface area contributed by atoms with Gasteiger partial charge in [0.05, 0.1) is 6.61 Å². The van der Waals surface area contributed by atoms with Gasteiger partial charge in [0.2, 0.25) is 0 Å². The molecule has 0 spiro atoms. The van der Waals surface area contributed by atoms with Gasteiger partial charge in [0.15, 0.2) is 0 Å². The predicted molar refractivity (Wildman–Crippen MR) is 78.4 cm³/mol. The lowest BCUT2D eigenvalue weighted by Gasteiger charge is -2.21. The van der Waals surface area contributed by atoms with Crippen LogP contribution in [0, 0.1) is 0 Å². The van der Waals surface area contributed by atoms with Gasteiger partial charge in [-0.3, -0.25) is 4.90 Å². The number of hydrogen-bond acceptors (Lipinski definition) is 4. The van der Waals surface area contributed by atoms with Crippen LogP contribution in [0.2, 0.25) is 0 Å². The van der Waals surface area contributed by atoms with Crippen molar-refractivity contribution in [3.8, 4) is 0 Å². The van der Waals surface area contributed by atoms with Gasteiger partial charge in [-0.1, -0.05) is 43.7 Å². The van der Waals surface area contributed by atoms with E-state index in [9.17, 15) is 5.02 Å². The minimum Gasteiger partial charge on any atom is -0.423 e. The first-order chi connectivity index (χ1) is 9.27. The maximum Gasteiger partial charge on any atom is 0.491 e. The Hall–Kier alpha value is -0.875. The highest BCUT2D eigenvalue weighted by Crippen LogP contribution is 1.95. The van der Waals surface area contributed by atoms with E-state index >= 15 is 0 Å². The second-order valence-electron chi connectivity index (χ2n) is 4.55. The first-order valence-corrected chi connectivity index (χ1v) is 6.95. The molecule has 4 nitrogen and oxygen atoms in total. The van der Waals surface area contributed by atoms with Crippen LogP contribution in [0.4, 0.5) is 0 Å². The average molecular weight is 265 g/mol. The molecule has 0 aliphatic carbocycles. The van der Waals surface area contributed by atoms with Crippen molar-refractivity contribution in [3.05, 3.63) is 30.3 Å². The highest BCUT2D eigenvalue weighted by Gasteiger charge is 2.15. The Bertz CT molecular complexity index is 324. The van der Waals surface area contributed by atoms with Gasteiger partial charge in [0.1, 0.15) is 0 Å². The van der Waals surface area contributed by atoms with Crippen LogP contribution in [-0.4, -0.2) is 55.0 Å². The maximum absolute atomic E-state index is 9.85. The fourth-order valence-corrected chi connectivity index (χ4v) is 1.87. The highest BCUT2D eigenvalue weighted by atomic mass is 16.5. The van der Waals surface area contributed by atoms with Crippen LogP contribution in [0.3, 0.4) is 0 Å². The zero-order chi connectivity index (χ0) is 13.9. The molecule has 0 unspecified atom stereocenters. The summed E-state index contributed by atoms with van der Waals surface area (Å²) in [7, 11) is -0.872. The molecule has 0 saturated heterocycles. The molecular formula is C14H24BNO3. The van der Waals surface area contributed by atoms with Crippen LogP contribution >= 0.6 is 0 Å². The van der Waals surface area contributed by atoms with E-state index in [1.165, 1.54) is 0 Å². The molecule has 0 amide bonds. The molecule has 1 aromatic rings. The molecule has 0 saturated carbocycles. The molecular weight excluding hydrogens is 241 g/mol. The van der Waals surface area contributed by atoms with Crippen molar-refractivity contribution < 1.29 is 14.8 Å². The van der Waals surface area contributed by atoms with E-state index in [1.807, 2.05) is 30.3 Å². The van der Waals surface area contributed by atoms with Gasteiger partial charge in [-0.2, -0.15) is 0 Å². The van der Waals surface area contributed by atoms with Gasteiger partial charge in [-0.15, -0.1) is 0 Å². The Morgan fingerprint density at radius 1 is 1.16 bits per heavy atom. The Morgan fingerprint density at radius 2 is 1.89 bits per heavy atom. The van der Waals surface area contributed by atoms with Gasteiger partial charge in [-0.25, -0.2) is 0 Å². The molecule has 2 N–H and O–H groups in total. The molecule has 0 heterocycles. The van der Waals surface area contributed by atoms with Crippen LogP contribution in [0.25, 0.3) is 0 Å². The lowest BCUT2D eigenvalue weighted by Crippen LogP contribution is -2.37. The molecule has 0 atom stereocenters. The third-order valence-electron chi connectivity index (χ3n) is 3.01. The monoisotopic (exact) mass is 265 g/mol. The van der Waals surface area contributed by atoms with Crippen LogP contribution in [-0.2, 0) is 4.65 Å². The maximum atomic E-state index is 9.85. The minimum absolute atomic E-state index is 0.158. The van der Waals surface area contributed by atoms with E-state index in [1.54, 1.807) is 0 Å². The van der Waals surface area contributed by atoms with E-state index in [0.29, 0.717) is 13.2 Å². The topological polar surface area (TPSA) is 52.9 Å². The number of benzene rings is 1. The van der Waals surface area contributed by atoms with E-state index in [2.05, 4.69) is 11.8 Å². The highest BCUT2D eigenvalue weighted by molar-refractivity contribution is 6.59. The van der Waals surface area contributed by atoms with Crippen molar-refractivity contribution in [1.82, 2.24) is 4.90 Å². The minimum atomic E-state index is -0.872. The molecule has 5 heteroatoms. The lowest BCUT2D eigenvalue weighted by molar-refractivity contribution is 0.159. The summed E-state index contributed by atoms with van der Waals surface area (Å²) in [4.78, 5) is 2.15. The van der Waals surface area contributed by atoms with Gasteiger partial charge >= 0.3 is 7.12 Å². The van der Waals surface area contributed by atoms with Crippen molar-refractivity contribution in [2.24, 2.45) is 0 Å². The lowest BCUT2D eigenvalue weighted by atomic mass is 9.80. The Morgan fingerprint density at radius 3 is 2.53 bits per heavy atom. The van der Waals surface area contributed by atoms with Crippen LogP contribution in [0.5, 0.6) is 0 Å². The quantitative estimate of drug-likeness (QED) is 0.604. The summed E-state index contributed by atoms with van der Waals surface area (Å²) < 4.78 is 5.42. The second-order valence-corrected chi connectivity index (χ2v) is 4.55. The molecule has 0 bridgehead atoms. The molecule has 0 fully saturated rings. The largest absolute Gasteiger partial charge is 0.491 e. The Balaban J connectivity index is 2.27. The van der Waals surface area contributed by atoms with Gasteiger partial charge in [0, 0.05) is 19.7 Å². The van der Waals surface area contributed by atoms with Gasteiger partial charge in [0.25, 0.3) is 0 Å². The standard InChI is InChI=1S/C14H24BNO3/c1-2-3-9-16(10-12-17)11-13-19-15(18)14-7-5-4-6-8-14/h4-8,17-18H,2-3,9-13H2,1H3.